The predicted octanol–water partition coefficient (Wildman–Crippen LogP) is 2.99. The minimum Gasteiger partial charge on any atom is -0.504 e. The lowest BCUT2D eigenvalue weighted by molar-refractivity contribution is 0.101. The fraction of sp³-hybridized carbons (Fsp3) is 0.100. The fourth-order valence-corrected chi connectivity index (χ4v) is 1.60. The molecule has 1 heterocycles. The molecule has 3 nitrogen and oxygen atoms in total. The number of hydrogen-bond acceptors (Lipinski definition) is 3. The third kappa shape index (κ3) is 1.17. The number of rotatable bonds is 1. The summed E-state index contributed by atoms with van der Waals surface area (Å²) in [4.78, 5) is 11.1. The topological polar surface area (TPSA) is 50.4 Å². The second kappa shape index (κ2) is 3.03. The smallest absolute Gasteiger partial charge is 0.177 e. The molecule has 0 aliphatic rings. The maximum Gasteiger partial charge on any atom is 0.177 e. The van der Waals surface area contributed by atoms with Crippen LogP contribution >= 0.6 is 11.6 Å². The van der Waals surface area contributed by atoms with Crippen LogP contribution in [0, 0.1) is 0 Å². The van der Waals surface area contributed by atoms with Crippen molar-refractivity contribution in [1.82, 2.24) is 0 Å². The molecule has 1 aromatic carbocycles. The number of ketones is 1. The molecular weight excluding hydrogens is 204 g/mol. The Labute approximate surface area is 84.9 Å². The number of carbonyl (C=O) groups is 1. The maximum atomic E-state index is 11.1. The van der Waals surface area contributed by atoms with Crippen LogP contribution in [0.2, 0.25) is 5.02 Å². The van der Waals surface area contributed by atoms with E-state index in [-0.39, 0.29) is 22.7 Å². The molecule has 4 heteroatoms. The maximum absolute atomic E-state index is 11.1. The zero-order valence-corrected chi connectivity index (χ0v) is 8.13. The van der Waals surface area contributed by atoms with Gasteiger partial charge in [-0.1, -0.05) is 11.6 Å². The van der Waals surface area contributed by atoms with E-state index < -0.39 is 0 Å². The summed E-state index contributed by atoms with van der Waals surface area (Å²) in [6.07, 6.45) is 1.42. The van der Waals surface area contributed by atoms with Gasteiger partial charge in [0.2, 0.25) is 0 Å². The summed E-state index contributed by atoms with van der Waals surface area (Å²) in [5, 5.41) is 10.7. The lowest BCUT2D eigenvalue weighted by Crippen LogP contribution is -1.92. The summed E-state index contributed by atoms with van der Waals surface area (Å²) in [7, 11) is 0. The second-order valence-electron chi connectivity index (χ2n) is 2.97. The Hall–Kier alpha value is -1.48. The van der Waals surface area contributed by atoms with E-state index in [0.29, 0.717) is 10.4 Å². The van der Waals surface area contributed by atoms with Crippen LogP contribution in [0.1, 0.15) is 17.3 Å². The van der Waals surface area contributed by atoms with Gasteiger partial charge in [0, 0.05) is 5.39 Å². The van der Waals surface area contributed by atoms with Crippen molar-refractivity contribution in [3.8, 4) is 5.75 Å². The molecule has 72 valence electrons. The third-order valence-electron chi connectivity index (χ3n) is 2.04. The Kier molecular flexibility index (Phi) is 1.97. The van der Waals surface area contributed by atoms with Crippen molar-refractivity contribution in [2.45, 2.75) is 6.92 Å². The van der Waals surface area contributed by atoms with E-state index >= 15 is 0 Å². The van der Waals surface area contributed by atoms with E-state index in [1.807, 2.05) is 0 Å². The van der Waals surface area contributed by atoms with E-state index in [1.54, 1.807) is 6.07 Å². The molecule has 0 atom stereocenters. The van der Waals surface area contributed by atoms with Crippen molar-refractivity contribution in [1.29, 1.82) is 0 Å². The summed E-state index contributed by atoms with van der Waals surface area (Å²) in [6.45, 7) is 1.36. The van der Waals surface area contributed by atoms with E-state index in [1.165, 1.54) is 19.3 Å². The van der Waals surface area contributed by atoms with Crippen molar-refractivity contribution in [3.05, 3.63) is 29.0 Å². The zero-order valence-electron chi connectivity index (χ0n) is 7.37. The molecular formula is C10H7ClO3. The lowest BCUT2D eigenvalue weighted by atomic mass is 10.1. The van der Waals surface area contributed by atoms with Crippen LogP contribution in [-0.2, 0) is 0 Å². The molecule has 0 fully saturated rings. The zero-order chi connectivity index (χ0) is 10.3. The molecule has 0 saturated carbocycles. The van der Waals surface area contributed by atoms with Gasteiger partial charge in [-0.3, -0.25) is 4.79 Å². The van der Waals surface area contributed by atoms with Crippen LogP contribution in [0.25, 0.3) is 11.0 Å². The van der Waals surface area contributed by atoms with E-state index in [9.17, 15) is 9.90 Å². The minimum atomic E-state index is -0.247. The molecule has 1 N–H and O–H groups in total. The SMILES string of the molecule is CC(=O)c1cc(Cl)c2ccoc2c1O. The van der Waals surface area contributed by atoms with Crippen LogP contribution in [0.4, 0.5) is 0 Å². The molecule has 0 amide bonds. The molecule has 0 unspecified atom stereocenters. The first-order valence-corrected chi connectivity index (χ1v) is 4.38. The van der Waals surface area contributed by atoms with Crippen LogP contribution in [0.15, 0.2) is 22.8 Å². The minimum absolute atomic E-state index is 0.151. The van der Waals surface area contributed by atoms with E-state index in [0.717, 1.165) is 0 Å². The van der Waals surface area contributed by atoms with Crippen LogP contribution < -0.4 is 0 Å². The highest BCUT2D eigenvalue weighted by Crippen LogP contribution is 2.35. The monoisotopic (exact) mass is 210 g/mol. The average Bonchev–Trinajstić information content (AvgIpc) is 2.59. The summed E-state index contributed by atoms with van der Waals surface area (Å²) >= 11 is 5.90. The fourth-order valence-electron chi connectivity index (χ4n) is 1.34. The number of aromatic hydroxyl groups is 1. The number of carbonyl (C=O) groups excluding carboxylic acids is 1. The van der Waals surface area contributed by atoms with Gasteiger partial charge in [-0.05, 0) is 19.1 Å². The van der Waals surface area contributed by atoms with Crippen molar-refractivity contribution in [2.24, 2.45) is 0 Å². The molecule has 0 aliphatic heterocycles. The molecule has 0 bridgehead atoms. The normalized spacial score (nSPS) is 10.7. The standard InChI is InChI=1S/C10H7ClO3/c1-5(12)7-4-8(11)6-2-3-14-10(6)9(7)13/h2-4,13H,1H3. The molecule has 2 rings (SSSR count). The Bertz CT molecular complexity index is 513. The molecule has 1 aromatic heterocycles. The highest BCUT2D eigenvalue weighted by atomic mass is 35.5. The number of phenolic OH excluding ortho intramolecular Hbond substituents is 1. The van der Waals surface area contributed by atoms with Gasteiger partial charge in [-0.2, -0.15) is 0 Å². The number of hydrogen-bond donors (Lipinski definition) is 1. The number of fused-ring (bicyclic) bond motifs is 1. The van der Waals surface area contributed by atoms with Gasteiger partial charge in [0.15, 0.2) is 17.1 Å². The number of furan rings is 1. The molecule has 14 heavy (non-hydrogen) atoms. The lowest BCUT2D eigenvalue weighted by Gasteiger charge is -2.02. The van der Waals surface area contributed by atoms with E-state index in [2.05, 4.69) is 0 Å². The second-order valence-corrected chi connectivity index (χ2v) is 3.38. The van der Waals surface area contributed by atoms with Crippen molar-refractivity contribution >= 4 is 28.4 Å². The molecule has 0 saturated heterocycles. The van der Waals surface area contributed by atoms with Crippen LogP contribution in [0.3, 0.4) is 0 Å². The van der Waals surface area contributed by atoms with Crippen molar-refractivity contribution < 1.29 is 14.3 Å². The van der Waals surface area contributed by atoms with E-state index in [4.69, 9.17) is 16.0 Å². The predicted molar refractivity (Wildman–Crippen MR) is 52.9 cm³/mol. The summed E-state index contributed by atoms with van der Waals surface area (Å²) < 4.78 is 5.03. The molecule has 0 aliphatic carbocycles. The third-order valence-corrected chi connectivity index (χ3v) is 2.36. The Balaban J connectivity index is 2.88. The van der Waals surface area contributed by atoms with Crippen molar-refractivity contribution in [2.75, 3.05) is 0 Å². The van der Waals surface area contributed by atoms with Gasteiger partial charge in [0.25, 0.3) is 0 Å². The van der Waals surface area contributed by atoms with Crippen molar-refractivity contribution in [3.63, 3.8) is 0 Å². The first-order valence-electron chi connectivity index (χ1n) is 4.01. The summed E-state index contributed by atoms with van der Waals surface area (Å²) in [6, 6.07) is 3.08. The number of phenols is 1. The number of halogens is 1. The Morgan fingerprint density at radius 1 is 1.57 bits per heavy atom. The Morgan fingerprint density at radius 2 is 2.29 bits per heavy atom. The molecule has 0 radical (unpaired) electrons. The van der Waals surface area contributed by atoms with Crippen LogP contribution in [0.5, 0.6) is 5.75 Å². The van der Waals surface area contributed by atoms with Gasteiger partial charge in [-0.15, -0.1) is 0 Å². The first kappa shape index (κ1) is 9.09. The van der Waals surface area contributed by atoms with Crippen LogP contribution in [-0.4, -0.2) is 10.9 Å². The first-order chi connectivity index (χ1) is 6.61. The highest BCUT2D eigenvalue weighted by Gasteiger charge is 2.15. The largest absolute Gasteiger partial charge is 0.504 e. The molecule has 0 spiro atoms. The summed E-state index contributed by atoms with van der Waals surface area (Å²) in [5.74, 6) is -0.399. The molecule has 2 aromatic rings. The number of benzene rings is 1. The van der Waals surface area contributed by atoms with Gasteiger partial charge in [-0.25, -0.2) is 0 Å². The quantitative estimate of drug-likeness (QED) is 0.737. The Morgan fingerprint density at radius 3 is 2.93 bits per heavy atom. The van der Waals surface area contributed by atoms with Gasteiger partial charge in [0.05, 0.1) is 16.8 Å². The number of Topliss-reactive ketones (excluding diaryl/α,β-unsaturated/α-hetero) is 1. The van der Waals surface area contributed by atoms with Gasteiger partial charge < -0.3 is 9.52 Å². The average molecular weight is 211 g/mol. The highest BCUT2D eigenvalue weighted by molar-refractivity contribution is 6.36. The van der Waals surface area contributed by atoms with Gasteiger partial charge >= 0.3 is 0 Å². The summed E-state index contributed by atoms with van der Waals surface area (Å²) in [5.41, 5.74) is 0.431. The van der Waals surface area contributed by atoms with Gasteiger partial charge in [0.1, 0.15) is 0 Å².